The van der Waals surface area contributed by atoms with Gasteiger partial charge in [0.05, 0.1) is 19.3 Å². The maximum Gasteiger partial charge on any atom is 0.303 e. The summed E-state index contributed by atoms with van der Waals surface area (Å²) in [5, 5.41) is 8.66. The van der Waals surface area contributed by atoms with Gasteiger partial charge in [0.15, 0.2) is 11.5 Å². The van der Waals surface area contributed by atoms with Crippen LogP contribution in [-0.2, 0) is 11.2 Å². The Kier molecular flexibility index (Phi) is 3.66. The molecule has 0 amide bonds. The van der Waals surface area contributed by atoms with Crippen LogP contribution < -0.4 is 4.74 Å². The molecule has 0 aliphatic carbocycles. The van der Waals surface area contributed by atoms with E-state index in [0.717, 1.165) is 0 Å². The van der Waals surface area contributed by atoms with E-state index in [-0.39, 0.29) is 12.8 Å². The van der Waals surface area contributed by atoms with Crippen molar-refractivity contribution >= 4 is 5.97 Å². The van der Waals surface area contributed by atoms with Crippen molar-refractivity contribution in [1.29, 1.82) is 0 Å². The molecule has 2 aromatic heterocycles. The van der Waals surface area contributed by atoms with Gasteiger partial charge in [-0.3, -0.25) is 4.79 Å². The second kappa shape index (κ2) is 5.39. The summed E-state index contributed by atoms with van der Waals surface area (Å²) in [6, 6.07) is 3.43. The first-order chi connectivity index (χ1) is 8.70. The van der Waals surface area contributed by atoms with Crippen molar-refractivity contribution < 1.29 is 23.5 Å². The molecule has 18 heavy (non-hydrogen) atoms. The lowest BCUT2D eigenvalue weighted by Crippen LogP contribution is -1.99. The number of nitrogens with zero attached hydrogens (tertiary/aromatic N) is 1. The van der Waals surface area contributed by atoms with Gasteiger partial charge >= 0.3 is 5.97 Å². The standard InChI is InChI=1S/C12H13NO5/c1-2-16-11-9(5-6-10(14)15)18-12(13-11)8-4-3-7-17-8/h3-4,7H,2,5-6H2,1H3,(H,14,15). The molecule has 0 aromatic carbocycles. The molecule has 0 atom stereocenters. The van der Waals surface area contributed by atoms with Crippen LogP contribution in [0.15, 0.2) is 27.2 Å². The van der Waals surface area contributed by atoms with Crippen LogP contribution in [0.4, 0.5) is 0 Å². The molecule has 2 aromatic rings. The van der Waals surface area contributed by atoms with Crippen molar-refractivity contribution in [1.82, 2.24) is 4.98 Å². The van der Waals surface area contributed by atoms with Gasteiger partial charge in [-0.15, -0.1) is 0 Å². The molecular formula is C12H13NO5. The fraction of sp³-hybridized carbons (Fsp3) is 0.333. The molecule has 0 aliphatic heterocycles. The molecule has 6 nitrogen and oxygen atoms in total. The van der Waals surface area contributed by atoms with E-state index in [1.807, 2.05) is 6.92 Å². The van der Waals surface area contributed by atoms with Gasteiger partial charge in [0.2, 0.25) is 0 Å². The van der Waals surface area contributed by atoms with Crippen LogP contribution in [0.3, 0.4) is 0 Å². The Balaban J connectivity index is 2.23. The van der Waals surface area contributed by atoms with Crippen LogP contribution in [-0.4, -0.2) is 22.7 Å². The first-order valence-electron chi connectivity index (χ1n) is 5.59. The Morgan fingerprint density at radius 3 is 3.00 bits per heavy atom. The van der Waals surface area contributed by atoms with Gasteiger partial charge in [0.1, 0.15) is 0 Å². The Morgan fingerprint density at radius 2 is 2.39 bits per heavy atom. The molecule has 0 bridgehead atoms. The molecule has 0 saturated carbocycles. The Bertz CT molecular complexity index is 515. The van der Waals surface area contributed by atoms with Gasteiger partial charge in [0.25, 0.3) is 11.8 Å². The maximum absolute atomic E-state index is 10.6. The van der Waals surface area contributed by atoms with Crippen molar-refractivity contribution in [2.24, 2.45) is 0 Å². The fourth-order valence-corrected chi connectivity index (χ4v) is 1.47. The zero-order chi connectivity index (χ0) is 13.0. The number of aromatic nitrogens is 1. The third-order valence-electron chi connectivity index (χ3n) is 2.24. The molecule has 96 valence electrons. The quantitative estimate of drug-likeness (QED) is 0.848. The maximum atomic E-state index is 10.6. The highest BCUT2D eigenvalue weighted by Crippen LogP contribution is 2.27. The van der Waals surface area contributed by atoms with E-state index < -0.39 is 5.97 Å². The van der Waals surface area contributed by atoms with Gasteiger partial charge in [-0.05, 0) is 19.1 Å². The number of carbonyl (C=O) groups is 1. The molecule has 1 N–H and O–H groups in total. The smallest absolute Gasteiger partial charge is 0.303 e. The van der Waals surface area contributed by atoms with Gasteiger partial charge in [0, 0.05) is 6.42 Å². The number of hydrogen-bond acceptors (Lipinski definition) is 5. The third kappa shape index (κ3) is 2.71. The number of furan rings is 1. The van der Waals surface area contributed by atoms with Crippen molar-refractivity contribution in [3.8, 4) is 17.5 Å². The third-order valence-corrected chi connectivity index (χ3v) is 2.24. The topological polar surface area (TPSA) is 85.7 Å². The Hall–Kier alpha value is -2.24. The molecule has 0 unspecified atom stereocenters. The predicted molar refractivity (Wildman–Crippen MR) is 61.3 cm³/mol. The highest BCUT2D eigenvalue weighted by molar-refractivity contribution is 5.67. The van der Waals surface area contributed by atoms with Crippen molar-refractivity contribution in [3.05, 3.63) is 24.2 Å². The molecule has 0 fully saturated rings. The molecule has 0 spiro atoms. The number of aliphatic carboxylic acids is 1. The van der Waals surface area contributed by atoms with Gasteiger partial charge in [-0.2, -0.15) is 4.98 Å². The minimum absolute atomic E-state index is 0.0349. The van der Waals surface area contributed by atoms with E-state index in [2.05, 4.69) is 4.98 Å². The zero-order valence-electron chi connectivity index (χ0n) is 9.88. The molecule has 0 aliphatic rings. The SMILES string of the molecule is CCOc1nc(-c2ccco2)oc1CCC(=O)O. The summed E-state index contributed by atoms with van der Waals surface area (Å²) in [7, 11) is 0. The van der Waals surface area contributed by atoms with Crippen LogP contribution >= 0.6 is 0 Å². The van der Waals surface area contributed by atoms with Crippen molar-refractivity contribution in [2.75, 3.05) is 6.61 Å². The van der Waals surface area contributed by atoms with E-state index in [1.54, 1.807) is 12.1 Å². The van der Waals surface area contributed by atoms with E-state index >= 15 is 0 Å². The number of carboxylic acid groups (broad SMARTS) is 1. The summed E-state index contributed by atoms with van der Waals surface area (Å²) in [6.07, 6.45) is 1.71. The summed E-state index contributed by atoms with van der Waals surface area (Å²) in [6.45, 7) is 2.26. The van der Waals surface area contributed by atoms with Crippen molar-refractivity contribution in [2.45, 2.75) is 19.8 Å². The average Bonchev–Trinajstić information content (AvgIpc) is 2.95. The Labute approximate surface area is 103 Å². The second-order valence-corrected chi connectivity index (χ2v) is 3.55. The molecular weight excluding hydrogens is 238 g/mol. The van der Waals surface area contributed by atoms with Crippen LogP contribution in [0, 0.1) is 0 Å². The van der Waals surface area contributed by atoms with Crippen LogP contribution in [0.25, 0.3) is 11.7 Å². The van der Waals surface area contributed by atoms with Crippen LogP contribution in [0.1, 0.15) is 19.1 Å². The number of aryl methyl sites for hydroxylation is 1. The number of rotatable bonds is 6. The van der Waals surface area contributed by atoms with E-state index in [1.165, 1.54) is 6.26 Å². The summed E-state index contributed by atoms with van der Waals surface area (Å²) in [5.74, 6) is 0.630. The lowest BCUT2D eigenvalue weighted by molar-refractivity contribution is -0.137. The number of ether oxygens (including phenoxy) is 1. The zero-order valence-corrected chi connectivity index (χ0v) is 9.88. The van der Waals surface area contributed by atoms with E-state index in [0.29, 0.717) is 29.9 Å². The monoisotopic (exact) mass is 251 g/mol. The first-order valence-corrected chi connectivity index (χ1v) is 5.59. The van der Waals surface area contributed by atoms with Crippen molar-refractivity contribution in [3.63, 3.8) is 0 Å². The molecule has 0 saturated heterocycles. The normalized spacial score (nSPS) is 10.5. The van der Waals surface area contributed by atoms with Gasteiger partial charge in [-0.1, -0.05) is 0 Å². The summed E-state index contributed by atoms with van der Waals surface area (Å²) in [5.41, 5.74) is 0. The van der Waals surface area contributed by atoms with Gasteiger partial charge in [-0.25, -0.2) is 0 Å². The highest BCUT2D eigenvalue weighted by Gasteiger charge is 2.18. The van der Waals surface area contributed by atoms with Crippen LogP contribution in [0.2, 0.25) is 0 Å². The molecule has 2 rings (SSSR count). The first kappa shape index (κ1) is 12.2. The predicted octanol–water partition coefficient (Wildman–Crippen LogP) is 2.35. The van der Waals surface area contributed by atoms with E-state index in [4.69, 9.17) is 18.7 Å². The number of oxazole rings is 1. The fourth-order valence-electron chi connectivity index (χ4n) is 1.47. The molecule has 2 heterocycles. The van der Waals surface area contributed by atoms with Crippen LogP contribution in [0.5, 0.6) is 5.88 Å². The van der Waals surface area contributed by atoms with E-state index in [9.17, 15) is 4.79 Å². The summed E-state index contributed by atoms with van der Waals surface area (Å²) >= 11 is 0. The number of hydrogen-bond donors (Lipinski definition) is 1. The number of carboxylic acids is 1. The second-order valence-electron chi connectivity index (χ2n) is 3.55. The highest BCUT2D eigenvalue weighted by atomic mass is 16.5. The molecule has 0 radical (unpaired) electrons. The average molecular weight is 251 g/mol. The van der Waals surface area contributed by atoms with Gasteiger partial charge < -0.3 is 18.7 Å². The lowest BCUT2D eigenvalue weighted by Gasteiger charge is -1.99. The summed E-state index contributed by atoms with van der Waals surface area (Å²) in [4.78, 5) is 14.7. The minimum atomic E-state index is -0.895. The largest absolute Gasteiger partial charge is 0.481 e. The lowest BCUT2D eigenvalue weighted by atomic mass is 10.2. The molecule has 6 heteroatoms. The minimum Gasteiger partial charge on any atom is -0.481 e. The summed E-state index contributed by atoms with van der Waals surface area (Å²) < 4.78 is 15.9. The Morgan fingerprint density at radius 1 is 1.56 bits per heavy atom.